The first kappa shape index (κ1) is 13.8. The third kappa shape index (κ3) is 2.95. The van der Waals surface area contributed by atoms with E-state index in [4.69, 9.17) is 0 Å². The molecule has 0 spiro atoms. The minimum atomic E-state index is -0.340. The number of aromatic amines is 1. The van der Waals surface area contributed by atoms with Gasteiger partial charge in [-0.15, -0.1) is 0 Å². The minimum Gasteiger partial charge on any atom is -0.341 e. The van der Waals surface area contributed by atoms with Crippen LogP contribution in [0.25, 0.3) is 11.4 Å². The number of carbonyl (C=O) groups is 1. The van der Waals surface area contributed by atoms with E-state index < -0.39 is 0 Å². The Labute approximate surface area is 126 Å². The molecule has 2 N–H and O–H groups in total. The molecule has 0 aliphatic rings. The SMILES string of the molecule is CC(NC(=O)c1cnccn1)c1nc(-c2cccnc2)n[nH]1. The number of H-pyrrole nitrogens is 1. The van der Waals surface area contributed by atoms with Crippen molar-refractivity contribution in [1.82, 2.24) is 35.5 Å². The van der Waals surface area contributed by atoms with Crippen molar-refractivity contribution in [3.05, 3.63) is 54.6 Å². The molecular formula is C14H13N7O. The predicted molar refractivity (Wildman–Crippen MR) is 77.5 cm³/mol. The minimum absolute atomic E-state index is 0.251. The summed E-state index contributed by atoms with van der Waals surface area (Å²) in [5, 5.41) is 9.74. The third-order valence-corrected chi connectivity index (χ3v) is 2.98. The lowest BCUT2D eigenvalue weighted by molar-refractivity contribution is 0.0933. The van der Waals surface area contributed by atoms with Gasteiger partial charge >= 0.3 is 0 Å². The highest BCUT2D eigenvalue weighted by Gasteiger charge is 2.16. The van der Waals surface area contributed by atoms with Gasteiger partial charge in [0.15, 0.2) is 5.82 Å². The van der Waals surface area contributed by atoms with Crippen LogP contribution in [0.1, 0.15) is 29.3 Å². The second-order valence-electron chi connectivity index (χ2n) is 4.57. The van der Waals surface area contributed by atoms with Crippen LogP contribution in [0.15, 0.2) is 43.1 Å². The van der Waals surface area contributed by atoms with Crippen LogP contribution in [-0.4, -0.2) is 36.0 Å². The number of hydrogen-bond donors (Lipinski definition) is 2. The van der Waals surface area contributed by atoms with Crippen molar-refractivity contribution in [2.24, 2.45) is 0 Å². The lowest BCUT2D eigenvalue weighted by Crippen LogP contribution is -2.28. The molecule has 22 heavy (non-hydrogen) atoms. The highest BCUT2D eigenvalue weighted by molar-refractivity contribution is 5.92. The lowest BCUT2D eigenvalue weighted by Gasteiger charge is -2.09. The number of hydrogen-bond acceptors (Lipinski definition) is 6. The van der Waals surface area contributed by atoms with Gasteiger partial charge in [-0.05, 0) is 19.1 Å². The zero-order chi connectivity index (χ0) is 15.4. The van der Waals surface area contributed by atoms with E-state index >= 15 is 0 Å². The van der Waals surface area contributed by atoms with E-state index in [1.165, 1.54) is 18.6 Å². The van der Waals surface area contributed by atoms with Crippen LogP contribution in [0.3, 0.4) is 0 Å². The second kappa shape index (κ2) is 6.08. The van der Waals surface area contributed by atoms with Gasteiger partial charge in [0.05, 0.1) is 12.2 Å². The van der Waals surface area contributed by atoms with Gasteiger partial charge in [0, 0.05) is 30.4 Å². The normalized spacial score (nSPS) is 11.9. The van der Waals surface area contributed by atoms with Crippen LogP contribution in [0.4, 0.5) is 0 Å². The van der Waals surface area contributed by atoms with Crippen LogP contribution in [0.5, 0.6) is 0 Å². The van der Waals surface area contributed by atoms with Gasteiger partial charge in [-0.1, -0.05) is 0 Å². The Balaban J connectivity index is 1.72. The van der Waals surface area contributed by atoms with Crippen LogP contribution >= 0.6 is 0 Å². The number of nitrogens with one attached hydrogen (secondary N) is 2. The summed E-state index contributed by atoms with van der Waals surface area (Å²) in [5.74, 6) is 0.764. The number of rotatable bonds is 4. The first-order valence-electron chi connectivity index (χ1n) is 6.63. The first-order valence-corrected chi connectivity index (χ1v) is 6.63. The molecule has 1 atom stereocenters. The fourth-order valence-corrected chi connectivity index (χ4v) is 1.85. The molecular weight excluding hydrogens is 282 g/mol. The van der Waals surface area contributed by atoms with Crippen LogP contribution < -0.4 is 5.32 Å². The summed E-state index contributed by atoms with van der Waals surface area (Å²) >= 11 is 0. The maximum Gasteiger partial charge on any atom is 0.272 e. The standard InChI is InChI=1S/C14H13N7O/c1-9(18-14(22)11-8-16-5-6-17-11)12-19-13(21-20-12)10-3-2-4-15-7-10/h2-9H,1H3,(H,18,22)(H,19,20,21). The van der Waals surface area contributed by atoms with E-state index in [2.05, 4.69) is 35.5 Å². The summed E-state index contributed by atoms with van der Waals surface area (Å²) in [4.78, 5) is 28.2. The Morgan fingerprint density at radius 3 is 2.82 bits per heavy atom. The van der Waals surface area contributed by atoms with Crippen LogP contribution in [0, 0.1) is 0 Å². The van der Waals surface area contributed by atoms with Gasteiger partial charge in [0.1, 0.15) is 11.5 Å². The summed E-state index contributed by atoms with van der Waals surface area (Å²) in [7, 11) is 0. The van der Waals surface area contributed by atoms with Gasteiger partial charge < -0.3 is 5.32 Å². The Hall–Kier alpha value is -3.16. The predicted octanol–water partition coefficient (Wildman–Crippen LogP) is 1.15. The summed E-state index contributed by atoms with van der Waals surface area (Å²) in [6.45, 7) is 1.81. The largest absolute Gasteiger partial charge is 0.341 e. The van der Waals surface area contributed by atoms with E-state index in [9.17, 15) is 4.79 Å². The Kier molecular flexibility index (Phi) is 3.82. The van der Waals surface area contributed by atoms with Crippen molar-refractivity contribution in [3.63, 3.8) is 0 Å². The first-order chi connectivity index (χ1) is 10.7. The molecule has 110 valence electrons. The van der Waals surface area contributed by atoms with Crippen LogP contribution in [-0.2, 0) is 0 Å². The second-order valence-corrected chi connectivity index (χ2v) is 4.57. The molecule has 3 aromatic rings. The van der Waals surface area contributed by atoms with Gasteiger partial charge in [0.2, 0.25) is 0 Å². The topological polar surface area (TPSA) is 109 Å². The highest BCUT2D eigenvalue weighted by atomic mass is 16.1. The molecule has 0 aromatic carbocycles. The van der Waals surface area contributed by atoms with Crippen molar-refractivity contribution in [1.29, 1.82) is 0 Å². The monoisotopic (exact) mass is 295 g/mol. The average Bonchev–Trinajstić information content (AvgIpc) is 3.06. The highest BCUT2D eigenvalue weighted by Crippen LogP contribution is 2.15. The molecule has 0 aliphatic heterocycles. The Morgan fingerprint density at radius 2 is 2.09 bits per heavy atom. The zero-order valence-corrected chi connectivity index (χ0v) is 11.8. The quantitative estimate of drug-likeness (QED) is 0.747. The molecule has 3 heterocycles. The van der Waals surface area contributed by atoms with Gasteiger partial charge in [-0.2, -0.15) is 5.10 Å². The van der Waals surface area contributed by atoms with E-state index in [-0.39, 0.29) is 17.6 Å². The zero-order valence-electron chi connectivity index (χ0n) is 11.8. The number of pyridine rings is 1. The van der Waals surface area contributed by atoms with Gasteiger partial charge in [0.25, 0.3) is 5.91 Å². The van der Waals surface area contributed by atoms with Crippen molar-refractivity contribution >= 4 is 5.91 Å². The molecule has 0 bridgehead atoms. The van der Waals surface area contributed by atoms with Crippen molar-refractivity contribution in [2.75, 3.05) is 0 Å². The van der Waals surface area contributed by atoms with Gasteiger partial charge in [-0.25, -0.2) is 9.97 Å². The van der Waals surface area contributed by atoms with Crippen molar-refractivity contribution in [3.8, 4) is 11.4 Å². The molecule has 0 fully saturated rings. The fourth-order valence-electron chi connectivity index (χ4n) is 1.85. The smallest absolute Gasteiger partial charge is 0.272 e. The van der Waals surface area contributed by atoms with Crippen molar-refractivity contribution in [2.45, 2.75) is 13.0 Å². The summed E-state index contributed by atoms with van der Waals surface area (Å²) < 4.78 is 0. The molecule has 3 rings (SSSR count). The van der Waals surface area contributed by atoms with E-state index in [0.29, 0.717) is 11.6 Å². The van der Waals surface area contributed by atoms with E-state index in [1.807, 2.05) is 19.1 Å². The summed E-state index contributed by atoms with van der Waals surface area (Å²) in [6.07, 6.45) is 7.74. The number of carbonyl (C=O) groups excluding carboxylic acids is 1. The molecule has 0 aliphatic carbocycles. The molecule has 0 radical (unpaired) electrons. The van der Waals surface area contributed by atoms with Gasteiger partial charge in [-0.3, -0.25) is 19.9 Å². The van der Waals surface area contributed by atoms with Crippen molar-refractivity contribution < 1.29 is 4.79 Å². The Morgan fingerprint density at radius 1 is 1.23 bits per heavy atom. The molecule has 0 saturated carbocycles. The van der Waals surface area contributed by atoms with Crippen LogP contribution in [0.2, 0.25) is 0 Å². The van der Waals surface area contributed by atoms with E-state index in [0.717, 1.165) is 5.56 Å². The lowest BCUT2D eigenvalue weighted by atomic mass is 10.2. The number of nitrogens with zero attached hydrogens (tertiary/aromatic N) is 5. The molecule has 3 aromatic heterocycles. The average molecular weight is 295 g/mol. The maximum absolute atomic E-state index is 12.0. The van der Waals surface area contributed by atoms with E-state index in [1.54, 1.807) is 12.4 Å². The molecule has 1 unspecified atom stereocenters. The molecule has 8 nitrogen and oxygen atoms in total. The fraction of sp³-hybridized carbons (Fsp3) is 0.143. The Bertz CT molecular complexity index is 757. The summed E-state index contributed by atoms with van der Waals surface area (Å²) in [5.41, 5.74) is 1.05. The maximum atomic E-state index is 12.0. The molecule has 0 saturated heterocycles. The molecule has 8 heteroatoms. The third-order valence-electron chi connectivity index (χ3n) is 2.98. The molecule has 1 amide bonds. The number of aromatic nitrogens is 6. The number of amides is 1. The summed E-state index contributed by atoms with van der Waals surface area (Å²) in [6, 6.07) is 3.33.